The van der Waals surface area contributed by atoms with Crippen molar-refractivity contribution in [1.82, 2.24) is 0 Å². The Bertz CT molecular complexity index is 248. The Hall–Kier alpha value is -0.780. The summed E-state index contributed by atoms with van der Waals surface area (Å²) < 4.78 is 0. The van der Waals surface area contributed by atoms with Gasteiger partial charge in [0.15, 0.2) is 0 Å². The molecule has 0 saturated carbocycles. The van der Waals surface area contributed by atoms with Crippen LogP contribution in [0.3, 0.4) is 0 Å². The van der Waals surface area contributed by atoms with Crippen LogP contribution >= 0.6 is 0 Å². The Morgan fingerprint density at radius 1 is 0.875 bits per heavy atom. The highest BCUT2D eigenvalue weighted by molar-refractivity contribution is 5.31. The van der Waals surface area contributed by atoms with Gasteiger partial charge in [0.2, 0.25) is 0 Å². The molecule has 0 aliphatic rings. The van der Waals surface area contributed by atoms with Gasteiger partial charge in [-0.3, -0.25) is 0 Å². The number of hydrogen-bond acceptors (Lipinski definition) is 0. The lowest BCUT2D eigenvalue weighted by Crippen LogP contribution is -1.92. The van der Waals surface area contributed by atoms with E-state index in [1.54, 1.807) is 0 Å². The van der Waals surface area contributed by atoms with E-state index in [0.29, 0.717) is 0 Å². The first-order valence-electron chi connectivity index (χ1n) is 6.86. The molecule has 16 heavy (non-hydrogen) atoms. The van der Waals surface area contributed by atoms with Gasteiger partial charge in [0.05, 0.1) is 0 Å². The molecular formula is C16H30. The number of benzene rings is 1. The van der Waals surface area contributed by atoms with Crippen LogP contribution in [0.2, 0.25) is 0 Å². The fraction of sp³-hybridized carbons (Fsp3) is 0.625. The lowest BCUT2D eigenvalue weighted by atomic mass is 9.99. The second-order valence-corrected chi connectivity index (χ2v) is 3.38. The van der Waals surface area contributed by atoms with Gasteiger partial charge in [-0.25, -0.2) is 0 Å². The molecule has 0 bridgehead atoms. The lowest BCUT2D eigenvalue weighted by molar-refractivity contribution is 0.898. The van der Waals surface area contributed by atoms with Crippen LogP contribution in [-0.4, -0.2) is 0 Å². The van der Waals surface area contributed by atoms with Gasteiger partial charge in [0.25, 0.3) is 0 Å². The third-order valence-corrected chi connectivity index (χ3v) is 2.26. The summed E-state index contributed by atoms with van der Waals surface area (Å²) in [7, 11) is 0. The molecule has 0 nitrogen and oxygen atoms in total. The monoisotopic (exact) mass is 222 g/mol. The fourth-order valence-electron chi connectivity index (χ4n) is 1.60. The van der Waals surface area contributed by atoms with Crippen molar-refractivity contribution in [3.63, 3.8) is 0 Å². The lowest BCUT2D eigenvalue weighted by Gasteiger charge is -2.07. The molecule has 0 amide bonds. The second kappa shape index (κ2) is 12.3. The predicted molar refractivity (Wildman–Crippen MR) is 77.2 cm³/mol. The first kappa shape index (κ1) is 17.6. The average molecular weight is 222 g/mol. The summed E-state index contributed by atoms with van der Waals surface area (Å²) in [5.74, 6) is 0. The van der Waals surface area contributed by atoms with Crippen molar-refractivity contribution in [1.29, 1.82) is 0 Å². The zero-order valence-electron chi connectivity index (χ0n) is 12.4. The van der Waals surface area contributed by atoms with Crippen LogP contribution in [0.25, 0.3) is 0 Å². The van der Waals surface area contributed by atoms with E-state index in [-0.39, 0.29) is 0 Å². The van der Waals surface area contributed by atoms with Crippen LogP contribution in [0.4, 0.5) is 0 Å². The van der Waals surface area contributed by atoms with Gasteiger partial charge in [0, 0.05) is 0 Å². The van der Waals surface area contributed by atoms with Gasteiger partial charge in [-0.1, -0.05) is 71.7 Å². The topological polar surface area (TPSA) is 0 Å². The quantitative estimate of drug-likeness (QED) is 0.628. The molecule has 0 aliphatic heterocycles. The standard InChI is InChI=1S/C12H18.2C2H6/c1-4-6-12-8-7-10(3)9-11(12)5-2;2*1-2/h7-9H,4-6H2,1-3H3;2*1-2H3. The molecular weight excluding hydrogens is 192 g/mol. The molecule has 0 atom stereocenters. The van der Waals surface area contributed by atoms with Gasteiger partial charge in [-0.05, 0) is 30.9 Å². The maximum atomic E-state index is 2.31. The Morgan fingerprint density at radius 2 is 1.44 bits per heavy atom. The zero-order chi connectivity index (χ0) is 13.0. The van der Waals surface area contributed by atoms with Crippen molar-refractivity contribution in [2.75, 3.05) is 0 Å². The fourth-order valence-corrected chi connectivity index (χ4v) is 1.60. The maximum absolute atomic E-state index is 2.31. The number of aryl methyl sites for hydroxylation is 3. The largest absolute Gasteiger partial charge is 0.0683 e. The van der Waals surface area contributed by atoms with Gasteiger partial charge in [-0.15, -0.1) is 0 Å². The molecule has 0 aliphatic carbocycles. The molecule has 0 spiro atoms. The number of rotatable bonds is 3. The van der Waals surface area contributed by atoms with Crippen molar-refractivity contribution in [3.8, 4) is 0 Å². The second-order valence-electron chi connectivity index (χ2n) is 3.38. The van der Waals surface area contributed by atoms with Crippen LogP contribution < -0.4 is 0 Å². The average Bonchev–Trinajstić information content (AvgIpc) is 2.36. The van der Waals surface area contributed by atoms with Gasteiger partial charge < -0.3 is 0 Å². The molecule has 0 aromatic heterocycles. The molecule has 0 heteroatoms. The van der Waals surface area contributed by atoms with E-state index in [9.17, 15) is 0 Å². The first-order valence-corrected chi connectivity index (χ1v) is 6.86. The highest BCUT2D eigenvalue weighted by atomic mass is 14.0. The van der Waals surface area contributed by atoms with Crippen LogP contribution in [0.5, 0.6) is 0 Å². The molecule has 0 fully saturated rings. The minimum absolute atomic E-state index is 1.16. The van der Waals surface area contributed by atoms with Crippen LogP contribution in [0, 0.1) is 6.92 Å². The van der Waals surface area contributed by atoms with E-state index in [1.807, 2.05) is 27.7 Å². The smallest absolute Gasteiger partial charge is 0.0279 e. The van der Waals surface area contributed by atoms with Gasteiger partial charge >= 0.3 is 0 Å². The Morgan fingerprint density at radius 3 is 1.88 bits per heavy atom. The molecule has 1 aromatic carbocycles. The first-order chi connectivity index (χ1) is 7.77. The van der Waals surface area contributed by atoms with Crippen molar-refractivity contribution in [2.45, 2.75) is 67.7 Å². The SMILES string of the molecule is CC.CC.CCCc1ccc(C)cc1CC. The Kier molecular flexibility index (Phi) is 13.5. The van der Waals surface area contributed by atoms with Crippen LogP contribution in [0.1, 0.15) is 64.7 Å². The normalized spacial score (nSPS) is 8.44. The van der Waals surface area contributed by atoms with Crippen LogP contribution in [0.15, 0.2) is 18.2 Å². The summed E-state index contributed by atoms with van der Waals surface area (Å²) in [6.07, 6.45) is 3.64. The molecule has 0 saturated heterocycles. The van der Waals surface area contributed by atoms with Gasteiger partial charge in [0.1, 0.15) is 0 Å². The van der Waals surface area contributed by atoms with Crippen LogP contribution in [-0.2, 0) is 12.8 Å². The summed E-state index contributed by atoms with van der Waals surface area (Å²) in [5, 5.41) is 0. The van der Waals surface area contributed by atoms with Gasteiger partial charge in [-0.2, -0.15) is 0 Å². The molecule has 0 radical (unpaired) electrons. The van der Waals surface area contributed by atoms with E-state index >= 15 is 0 Å². The van der Waals surface area contributed by atoms with E-state index in [2.05, 4.69) is 39.0 Å². The third kappa shape index (κ3) is 6.66. The zero-order valence-corrected chi connectivity index (χ0v) is 12.4. The highest BCUT2D eigenvalue weighted by Gasteiger charge is 1.98. The van der Waals surface area contributed by atoms with E-state index < -0.39 is 0 Å². The molecule has 1 aromatic rings. The minimum atomic E-state index is 1.16. The van der Waals surface area contributed by atoms with E-state index in [0.717, 1.165) is 6.42 Å². The Balaban J connectivity index is 0. The number of hydrogen-bond donors (Lipinski definition) is 0. The van der Waals surface area contributed by atoms with E-state index in [1.165, 1.54) is 29.5 Å². The minimum Gasteiger partial charge on any atom is -0.0683 e. The molecule has 0 heterocycles. The van der Waals surface area contributed by atoms with Crippen molar-refractivity contribution >= 4 is 0 Å². The highest BCUT2D eigenvalue weighted by Crippen LogP contribution is 2.13. The maximum Gasteiger partial charge on any atom is -0.0279 e. The molecule has 0 N–H and O–H groups in total. The van der Waals surface area contributed by atoms with E-state index in [4.69, 9.17) is 0 Å². The summed E-state index contributed by atoms with van der Waals surface area (Å²) in [6, 6.07) is 6.80. The van der Waals surface area contributed by atoms with Crippen molar-refractivity contribution < 1.29 is 0 Å². The Labute approximate surface area is 103 Å². The molecule has 0 unspecified atom stereocenters. The molecule has 94 valence electrons. The summed E-state index contributed by atoms with van der Waals surface area (Å²) in [5.41, 5.74) is 4.44. The molecule has 1 rings (SSSR count). The third-order valence-electron chi connectivity index (χ3n) is 2.26. The van der Waals surface area contributed by atoms with Crippen molar-refractivity contribution in [2.24, 2.45) is 0 Å². The summed E-state index contributed by atoms with van der Waals surface area (Å²) in [4.78, 5) is 0. The summed E-state index contributed by atoms with van der Waals surface area (Å²) >= 11 is 0. The summed E-state index contributed by atoms with van der Waals surface area (Å²) in [6.45, 7) is 14.6. The predicted octanol–water partition coefficient (Wildman–Crippen LogP) is 5.56. The van der Waals surface area contributed by atoms with Crippen molar-refractivity contribution in [3.05, 3.63) is 34.9 Å².